The van der Waals surface area contributed by atoms with Gasteiger partial charge in [-0.2, -0.15) is 0 Å². The summed E-state index contributed by atoms with van der Waals surface area (Å²) in [4.78, 5) is 21.5. The number of hydrogen-bond acceptors (Lipinski definition) is 4. The highest BCUT2D eigenvalue weighted by Crippen LogP contribution is 2.26. The van der Waals surface area contributed by atoms with E-state index in [-0.39, 0.29) is 5.69 Å². The minimum absolute atomic E-state index is 0.0688. The second kappa shape index (κ2) is 4.31. The van der Waals surface area contributed by atoms with E-state index in [4.69, 9.17) is 5.11 Å². The van der Waals surface area contributed by atoms with Gasteiger partial charge in [0.15, 0.2) is 5.69 Å². The zero-order chi connectivity index (χ0) is 12.6. The number of rotatable bonds is 2. The van der Waals surface area contributed by atoms with Crippen molar-refractivity contribution in [3.8, 4) is 0 Å². The third-order valence-electron chi connectivity index (χ3n) is 3.10. The molecule has 1 N–H and O–H groups in total. The lowest BCUT2D eigenvalue weighted by molar-refractivity contribution is 0.0690. The van der Waals surface area contributed by atoms with Crippen molar-refractivity contribution in [2.24, 2.45) is 5.92 Å². The standard InChI is InChI=1S/C12H17N3O2/c1-7-4-9(3)15(6-7)12-13-8(2)5-10(14-12)11(16)17/h5,7,9H,4,6H2,1-3H3,(H,16,17). The molecule has 0 saturated carbocycles. The summed E-state index contributed by atoms with van der Waals surface area (Å²) >= 11 is 0. The van der Waals surface area contributed by atoms with Crippen LogP contribution < -0.4 is 4.90 Å². The third-order valence-corrected chi connectivity index (χ3v) is 3.10. The Morgan fingerprint density at radius 2 is 2.18 bits per heavy atom. The monoisotopic (exact) mass is 235 g/mol. The Morgan fingerprint density at radius 1 is 1.47 bits per heavy atom. The molecule has 0 aliphatic carbocycles. The number of aryl methyl sites for hydroxylation is 1. The number of anilines is 1. The van der Waals surface area contributed by atoms with Gasteiger partial charge >= 0.3 is 5.97 Å². The number of carboxylic acids is 1. The second-order valence-electron chi connectivity index (χ2n) is 4.84. The van der Waals surface area contributed by atoms with Crippen molar-refractivity contribution in [3.05, 3.63) is 17.5 Å². The predicted octanol–water partition coefficient (Wildman–Crippen LogP) is 1.72. The minimum atomic E-state index is -1.00. The first-order valence-electron chi connectivity index (χ1n) is 5.83. The smallest absolute Gasteiger partial charge is 0.354 e. The van der Waals surface area contributed by atoms with E-state index >= 15 is 0 Å². The predicted molar refractivity (Wildman–Crippen MR) is 64.3 cm³/mol. The largest absolute Gasteiger partial charge is 0.477 e. The summed E-state index contributed by atoms with van der Waals surface area (Å²) in [5, 5.41) is 8.99. The van der Waals surface area contributed by atoms with Gasteiger partial charge in [0.1, 0.15) is 0 Å². The fourth-order valence-corrected chi connectivity index (χ4v) is 2.37. The lowest BCUT2D eigenvalue weighted by atomic mass is 10.1. The van der Waals surface area contributed by atoms with Crippen molar-refractivity contribution in [1.29, 1.82) is 0 Å². The Labute approximate surface area is 100 Å². The Hall–Kier alpha value is -1.65. The van der Waals surface area contributed by atoms with E-state index in [1.54, 1.807) is 6.92 Å². The normalized spacial score (nSPS) is 24.1. The first kappa shape index (κ1) is 11.8. The van der Waals surface area contributed by atoms with E-state index in [0.29, 0.717) is 23.6 Å². The van der Waals surface area contributed by atoms with Gasteiger partial charge in [0.05, 0.1) is 0 Å². The molecule has 5 nitrogen and oxygen atoms in total. The summed E-state index contributed by atoms with van der Waals surface area (Å²) in [5.74, 6) is 0.137. The molecule has 5 heteroatoms. The molecule has 2 rings (SSSR count). The van der Waals surface area contributed by atoms with Crippen LogP contribution in [0.4, 0.5) is 5.95 Å². The van der Waals surface area contributed by atoms with Crippen LogP contribution in [0.25, 0.3) is 0 Å². The van der Waals surface area contributed by atoms with E-state index in [2.05, 4.69) is 28.7 Å². The molecule has 0 amide bonds. The van der Waals surface area contributed by atoms with Gasteiger partial charge < -0.3 is 10.0 Å². The summed E-state index contributed by atoms with van der Waals surface area (Å²) in [6.07, 6.45) is 1.10. The van der Waals surface area contributed by atoms with Crippen LogP contribution in [0.15, 0.2) is 6.07 Å². The van der Waals surface area contributed by atoms with Crippen LogP contribution in [0.3, 0.4) is 0 Å². The fraction of sp³-hybridized carbons (Fsp3) is 0.583. The number of aromatic nitrogens is 2. The van der Waals surface area contributed by atoms with Gasteiger partial charge in [0.25, 0.3) is 0 Å². The highest BCUT2D eigenvalue weighted by atomic mass is 16.4. The third kappa shape index (κ3) is 2.38. The molecule has 2 heterocycles. The molecule has 92 valence electrons. The van der Waals surface area contributed by atoms with Gasteiger partial charge in [-0.05, 0) is 32.3 Å². The van der Waals surface area contributed by atoms with Crippen LogP contribution in [-0.4, -0.2) is 33.6 Å². The van der Waals surface area contributed by atoms with Crippen LogP contribution in [0.5, 0.6) is 0 Å². The maximum absolute atomic E-state index is 11.0. The van der Waals surface area contributed by atoms with Crippen molar-refractivity contribution in [2.75, 3.05) is 11.4 Å². The maximum atomic E-state index is 11.0. The molecule has 0 aromatic carbocycles. The number of aromatic carboxylic acids is 1. The maximum Gasteiger partial charge on any atom is 0.354 e. The molecule has 0 radical (unpaired) electrons. The number of carbonyl (C=O) groups is 1. The minimum Gasteiger partial charge on any atom is -0.477 e. The Bertz CT molecular complexity index is 447. The number of nitrogens with zero attached hydrogens (tertiary/aromatic N) is 3. The molecular formula is C12H17N3O2. The van der Waals surface area contributed by atoms with Crippen molar-refractivity contribution in [3.63, 3.8) is 0 Å². The van der Waals surface area contributed by atoms with Crippen LogP contribution in [0.2, 0.25) is 0 Å². The van der Waals surface area contributed by atoms with Gasteiger partial charge in [-0.1, -0.05) is 6.92 Å². The van der Waals surface area contributed by atoms with Crippen molar-refractivity contribution >= 4 is 11.9 Å². The van der Waals surface area contributed by atoms with E-state index in [1.807, 2.05) is 0 Å². The van der Waals surface area contributed by atoms with Gasteiger partial charge in [0.2, 0.25) is 5.95 Å². The summed E-state index contributed by atoms with van der Waals surface area (Å²) in [7, 11) is 0. The van der Waals surface area contributed by atoms with E-state index in [1.165, 1.54) is 6.07 Å². The van der Waals surface area contributed by atoms with Crippen molar-refractivity contribution < 1.29 is 9.90 Å². The lowest BCUT2D eigenvalue weighted by Crippen LogP contribution is -2.29. The topological polar surface area (TPSA) is 66.3 Å². The van der Waals surface area contributed by atoms with Gasteiger partial charge in [-0.25, -0.2) is 14.8 Å². The quantitative estimate of drug-likeness (QED) is 0.845. The summed E-state index contributed by atoms with van der Waals surface area (Å²) in [6.45, 7) is 6.99. The first-order valence-corrected chi connectivity index (χ1v) is 5.83. The SMILES string of the molecule is Cc1cc(C(=O)O)nc(N2CC(C)CC2C)n1. The molecule has 2 atom stereocenters. The highest BCUT2D eigenvalue weighted by Gasteiger charge is 2.28. The average Bonchev–Trinajstić information content (AvgIpc) is 2.57. The molecular weight excluding hydrogens is 218 g/mol. The number of carboxylic acid groups (broad SMARTS) is 1. The molecule has 1 aromatic rings. The van der Waals surface area contributed by atoms with Crippen LogP contribution in [0, 0.1) is 12.8 Å². The molecule has 1 saturated heterocycles. The lowest BCUT2D eigenvalue weighted by Gasteiger charge is -2.21. The van der Waals surface area contributed by atoms with Gasteiger partial charge in [-0.3, -0.25) is 0 Å². The molecule has 1 fully saturated rings. The summed E-state index contributed by atoms with van der Waals surface area (Å²) < 4.78 is 0. The van der Waals surface area contributed by atoms with Crippen molar-refractivity contribution in [2.45, 2.75) is 33.2 Å². The molecule has 2 unspecified atom stereocenters. The highest BCUT2D eigenvalue weighted by molar-refractivity contribution is 5.85. The van der Waals surface area contributed by atoms with Gasteiger partial charge in [0, 0.05) is 18.3 Å². The molecule has 0 bridgehead atoms. The zero-order valence-corrected chi connectivity index (χ0v) is 10.3. The molecule has 1 aromatic heterocycles. The van der Waals surface area contributed by atoms with E-state index < -0.39 is 5.97 Å². The average molecular weight is 235 g/mol. The van der Waals surface area contributed by atoms with Crippen molar-refractivity contribution in [1.82, 2.24) is 9.97 Å². The Morgan fingerprint density at radius 3 is 2.71 bits per heavy atom. The molecule has 1 aliphatic rings. The van der Waals surface area contributed by atoms with E-state index in [0.717, 1.165) is 13.0 Å². The van der Waals surface area contributed by atoms with Gasteiger partial charge in [-0.15, -0.1) is 0 Å². The zero-order valence-electron chi connectivity index (χ0n) is 10.3. The van der Waals surface area contributed by atoms with Crippen LogP contribution in [0.1, 0.15) is 36.5 Å². The molecule has 0 spiro atoms. The molecule has 17 heavy (non-hydrogen) atoms. The van der Waals surface area contributed by atoms with E-state index in [9.17, 15) is 4.79 Å². The van der Waals surface area contributed by atoms with Crippen LogP contribution in [-0.2, 0) is 0 Å². The summed E-state index contributed by atoms with van der Waals surface area (Å²) in [5.41, 5.74) is 0.762. The first-order chi connectivity index (χ1) is 7.97. The molecule has 1 aliphatic heterocycles. The van der Waals surface area contributed by atoms with Crippen LogP contribution >= 0.6 is 0 Å². The fourth-order valence-electron chi connectivity index (χ4n) is 2.37. The summed E-state index contributed by atoms with van der Waals surface area (Å²) in [6, 6.07) is 1.86. The Kier molecular flexibility index (Phi) is 3.00. The second-order valence-corrected chi connectivity index (χ2v) is 4.84. The Balaban J connectivity index is 2.35. The number of hydrogen-bond donors (Lipinski definition) is 1.